The third-order valence-corrected chi connectivity index (χ3v) is 4.68. The molecule has 1 amide bonds. The molecular formula is C15H22N2O2S. The smallest absolute Gasteiger partial charge is 0.237 e. The van der Waals surface area contributed by atoms with Gasteiger partial charge in [0.2, 0.25) is 5.91 Å². The van der Waals surface area contributed by atoms with Crippen LogP contribution >= 0.6 is 11.8 Å². The molecule has 110 valence electrons. The van der Waals surface area contributed by atoms with Crippen molar-refractivity contribution in [1.82, 2.24) is 5.32 Å². The van der Waals surface area contributed by atoms with Crippen molar-refractivity contribution in [3.05, 3.63) is 29.8 Å². The lowest BCUT2D eigenvalue weighted by Crippen LogP contribution is -2.44. The van der Waals surface area contributed by atoms with Crippen LogP contribution in [0.1, 0.15) is 18.4 Å². The highest BCUT2D eigenvalue weighted by atomic mass is 32.2. The van der Waals surface area contributed by atoms with Gasteiger partial charge >= 0.3 is 0 Å². The number of nitrogens with two attached hydrogens (primary N) is 1. The number of hydrogen-bond donors (Lipinski definition) is 3. The lowest BCUT2D eigenvalue weighted by Gasteiger charge is -2.22. The lowest BCUT2D eigenvalue weighted by molar-refractivity contribution is -0.122. The van der Waals surface area contributed by atoms with Gasteiger partial charge in [-0.2, -0.15) is 11.8 Å². The summed E-state index contributed by atoms with van der Waals surface area (Å²) in [6, 6.07) is 6.28. The normalized spacial score (nSPS) is 17.6. The minimum absolute atomic E-state index is 0.0868. The van der Waals surface area contributed by atoms with Crippen LogP contribution in [0.25, 0.3) is 0 Å². The summed E-state index contributed by atoms with van der Waals surface area (Å²) >= 11 is 1.98. The van der Waals surface area contributed by atoms with E-state index in [1.54, 1.807) is 24.3 Å². The van der Waals surface area contributed by atoms with Gasteiger partial charge in [-0.3, -0.25) is 4.79 Å². The van der Waals surface area contributed by atoms with Gasteiger partial charge in [0, 0.05) is 6.54 Å². The molecule has 0 spiro atoms. The summed E-state index contributed by atoms with van der Waals surface area (Å²) in [5, 5.41) is 12.2. The molecular weight excluding hydrogens is 272 g/mol. The molecule has 1 aliphatic rings. The Morgan fingerprint density at radius 2 is 2.00 bits per heavy atom. The molecule has 0 bridgehead atoms. The molecule has 1 heterocycles. The molecule has 1 fully saturated rings. The fourth-order valence-electron chi connectivity index (χ4n) is 2.31. The second-order valence-electron chi connectivity index (χ2n) is 5.28. The predicted molar refractivity (Wildman–Crippen MR) is 82.8 cm³/mol. The number of benzene rings is 1. The van der Waals surface area contributed by atoms with E-state index < -0.39 is 6.04 Å². The zero-order valence-electron chi connectivity index (χ0n) is 11.5. The van der Waals surface area contributed by atoms with Crippen LogP contribution in [-0.4, -0.2) is 35.1 Å². The van der Waals surface area contributed by atoms with Gasteiger partial charge in [0.1, 0.15) is 5.75 Å². The molecule has 0 aliphatic carbocycles. The molecule has 0 aromatic heterocycles. The highest BCUT2D eigenvalue weighted by Gasteiger charge is 2.18. The van der Waals surface area contributed by atoms with Crippen molar-refractivity contribution < 1.29 is 9.90 Å². The molecule has 1 unspecified atom stereocenters. The van der Waals surface area contributed by atoms with Gasteiger partial charge < -0.3 is 16.2 Å². The number of thioether (sulfide) groups is 1. The second kappa shape index (κ2) is 7.55. The lowest BCUT2D eigenvalue weighted by atomic mass is 10.0. The molecule has 1 aliphatic heterocycles. The van der Waals surface area contributed by atoms with Crippen LogP contribution < -0.4 is 11.1 Å². The number of amides is 1. The zero-order valence-corrected chi connectivity index (χ0v) is 12.4. The van der Waals surface area contributed by atoms with Crippen molar-refractivity contribution in [3.8, 4) is 5.75 Å². The quantitative estimate of drug-likeness (QED) is 0.769. The SMILES string of the molecule is NC(Cc1ccc(O)cc1)C(=O)NCC1CCSCC1. The van der Waals surface area contributed by atoms with E-state index >= 15 is 0 Å². The third-order valence-electron chi connectivity index (χ3n) is 3.63. The van der Waals surface area contributed by atoms with Crippen LogP contribution in [0.5, 0.6) is 5.75 Å². The third kappa shape index (κ3) is 4.72. The van der Waals surface area contributed by atoms with Crippen molar-refractivity contribution in [1.29, 1.82) is 0 Å². The fourth-order valence-corrected chi connectivity index (χ4v) is 3.51. The summed E-state index contributed by atoms with van der Waals surface area (Å²) in [4.78, 5) is 12.0. The molecule has 5 heteroatoms. The first-order chi connectivity index (χ1) is 9.65. The van der Waals surface area contributed by atoms with Crippen LogP contribution in [-0.2, 0) is 11.2 Å². The highest BCUT2D eigenvalue weighted by Crippen LogP contribution is 2.21. The van der Waals surface area contributed by atoms with Gasteiger partial charge in [0.05, 0.1) is 6.04 Å². The topological polar surface area (TPSA) is 75.3 Å². The van der Waals surface area contributed by atoms with Crippen molar-refractivity contribution in [2.24, 2.45) is 11.7 Å². The van der Waals surface area contributed by atoms with E-state index in [1.165, 1.54) is 24.3 Å². The molecule has 1 aromatic rings. The van der Waals surface area contributed by atoms with E-state index in [2.05, 4.69) is 5.32 Å². The number of phenols is 1. The number of rotatable bonds is 5. The van der Waals surface area contributed by atoms with Crippen molar-refractivity contribution in [3.63, 3.8) is 0 Å². The summed E-state index contributed by atoms with van der Waals surface area (Å²) in [7, 11) is 0. The Balaban J connectivity index is 1.75. The van der Waals surface area contributed by atoms with Crippen LogP contribution in [0.4, 0.5) is 0 Å². The molecule has 0 saturated carbocycles. The minimum Gasteiger partial charge on any atom is -0.508 e. The van der Waals surface area contributed by atoms with Crippen molar-refractivity contribution in [2.45, 2.75) is 25.3 Å². The average Bonchev–Trinajstić information content (AvgIpc) is 2.48. The first-order valence-corrected chi connectivity index (χ1v) is 8.19. The first-order valence-electron chi connectivity index (χ1n) is 7.04. The number of carbonyl (C=O) groups excluding carboxylic acids is 1. The largest absolute Gasteiger partial charge is 0.508 e. The number of carbonyl (C=O) groups is 1. The minimum atomic E-state index is -0.530. The molecule has 1 atom stereocenters. The zero-order chi connectivity index (χ0) is 14.4. The maximum Gasteiger partial charge on any atom is 0.237 e. The van der Waals surface area contributed by atoms with E-state index in [-0.39, 0.29) is 11.7 Å². The number of nitrogens with one attached hydrogen (secondary N) is 1. The maximum absolute atomic E-state index is 12.0. The summed E-state index contributed by atoms with van der Waals surface area (Å²) < 4.78 is 0. The summed E-state index contributed by atoms with van der Waals surface area (Å²) in [6.07, 6.45) is 2.85. The molecule has 0 radical (unpaired) electrons. The summed E-state index contributed by atoms with van der Waals surface area (Å²) in [6.45, 7) is 0.739. The second-order valence-corrected chi connectivity index (χ2v) is 6.50. The molecule has 1 aromatic carbocycles. The van der Waals surface area contributed by atoms with E-state index in [1.807, 2.05) is 11.8 Å². The number of hydrogen-bond acceptors (Lipinski definition) is 4. The highest BCUT2D eigenvalue weighted by molar-refractivity contribution is 7.99. The van der Waals surface area contributed by atoms with Gasteiger partial charge in [-0.15, -0.1) is 0 Å². The monoisotopic (exact) mass is 294 g/mol. The maximum atomic E-state index is 12.0. The van der Waals surface area contributed by atoms with Crippen molar-refractivity contribution in [2.75, 3.05) is 18.1 Å². The van der Waals surface area contributed by atoms with Crippen molar-refractivity contribution >= 4 is 17.7 Å². The Morgan fingerprint density at radius 3 is 2.65 bits per heavy atom. The Labute approximate surface area is 124 Å². The van der Waals surface area contributed by atoms with Gasteiger partial charge in [0.15, 0.2) is 0 Å². The Hall–Kier alpha value is -1.20. The van der Waals surface area contributed by atoms with Gasteiger partial charge in [-0.25, -0.2) is 0 Å². The molecule has 20 heavy (non-hydrogen) atoms. The van der Waals surface area contributed by atoms with Gasteiger partial charge in [-0.1, -0.05) is 12.1 Å². The Bertz CT molecular complexity index is 430. The molecule has 4 nitrogen and oxygen atoms in total. The standard InChI is InChI=1S/C15H22N2O2S/c16-14(9-11-1-3-13(18)4-2-11)15(19)17-10-12-5-7-20-8-6-12/h1-4,12,14,18H,5-10,16H2,(H,17,19). The number of phenolic OH excluding ortho intramolecular Hbond substituents is 1. The summed E-state index contributed by atoms with van der Waals surface area (Å²) in [5.74, 6) is 3.12. The molecule has 2 rings (SSSR count). The van der Waals surface area contributed by atoms with Crippen LogP contribution in [0.2, 0.25) is 0 Å². The summed E-state index contributed by atoms with van der Waals surface area (Å²) in [5.41, 5.74) is 6.88. The van der Waals surface area contributed by atoms with Gasteiger partial charge in [-0.05, 0) is 54.4 Å². The van der Waals surface area contributed by atoms with E-state index in [9.17, 15) is 9.90 Å². The Morgan fingerprint density at radius 1 is 1.35 bits per heavy atom. The van der Waals surface area contributed by atoms with E-state index in [4.69, 9.17) is 5.73 Å². The first kappa shape index (κ1) is 15.2. The Kier molecular flexibility index (Phi) is 5.73. The van der Waals surface area contributed by atoms with Crippen LogP contribution in [0.3, 0.4) is 0 Å². The molecule has 4 N–H and O–H groups in total. The van der Waals surface area contributed by atoms with E-state index in [0.717, 1.165) is 12.1 Å². The fraction of sp³-hybridized carbons (Fsp3) is 0.533. The molecule has 1 saturated heterocycles. The van der Waals surface area contributed by atoms with E-state index in [0.29, 0.717) is 12.3 Å². The van der Waals surface area contributed by atoms with Gasteiger partial charge in [0.25, 0.3) is 0 Å². The average molecular weight is 294 g/mol. The number of aromatic hydroxyl groups is 1. The van der Waals surface area contributed by atoms with Crippen LogP contribution in [0.15, 0.2) is 24.3 Å². The van der Waals surface area contributed by atoms with Crippen LogP contribution in [0, 0.1) is 5.92 Å². The predicted octanol–water partition coefficient (Wildman–Crippen LogP) is 1.52.